The summed E-state index contributed by atoms with van der Waals surface area (Å²) >= 11 is 1.73. The van der Waals surface area contributed by atoms with E-state index in [0.717, 1.165) is 61.2 Å². The molecule has 1 aromatic heterocycles. The van der Waals surface area contributed by atoms with Crippen LogP contribution in [-0.4, -0.2) is 30.5 Å². The van der Waals surface area contributed by atoms with Gasteiger partial charge in [-0.1, -0.05) is 40.2 Å². The van der Waals surface area contributed by atoms with E-state index in [0.29, 0.717) is 29.9 Å². The largest absolute Gasteiger partial charge is 0.450 e. The van der Waals surface area contributed by atoms with E-state index in [4.69, 9.17) is 4.74 Å². The first-order valence-electron chi connectivity index (χ1n) is 15.4. The van der Waals surface area contributed by atoms with Crippen molar-refractivity contribution in [2.24, 2.45) is 52.3 Å². The highest BCUT2D eigenvalue weighted by Gasteiger charge is 2.62. The van der Waals surface area contributed by atoms with Crippen LogP contribution in [0.1, 0.15) is 96.8 Å². The zero-order valence-electron chi connectivity index (χ0n) is 23.7. The molecule has 5 heteroatoms. The van der Waals surface area contributed by atoms with Gasteiger partial charge >= 0.3 is 6.09 Å². The van der Waals surface area contributed by atoms with Crippen molar-refractivity contribution in [3.8, 4) is 0 Å². The Hall–Kier alpha value is -1.07. The van der Waals surface area contributed by atoms with Crippen molar-refractivity contribution in [3.05, 3.63) is 22.4 Å². The highest BCUT2D eigenvalue weighted by Crippen LogP contribution is 2.69. The molecule has 0 radical (unpaired) electrons. The van der Waals surface area contributed by atoms with Crippen LogP contribution in [-0.2, 0) is 11.2 Å². The number of fused-ring (bicyclic) bond motifs is 5. The summed E-state index contributed by atoms with van der Waals surface area (Å²) in [5.74, 6) is 5.39. The Labute approximate surface area is 229 Å². The molecule has 4 saturated carbocycles. The van der Waals surface area contributed by atoms with Crippen molar-refractivity contribution in [1.82, 2.24) is 5.32 Å². The summed E-state index contributed by atoms with van der Waals surface area (Å²) in [5.41, 5.74) is 0.859. The minimum absolute atomic E-state index is 0.0699. The summed E-state index contributed by atoms with van der Waals surface area (Å²) in [6.45, 7) is 11.2. The zero-order chi connectivity index (χ0) is 26.2. The van der Waals surface area contributed by atoms with Gasteiger partial charge in [-0.15, -0.1) is 11.3 Å². The fourth-order valence-electron chi connectivity index (χ4n) is 10.2. The minimum Gasteiger partial charge on any atom is -0.450 e. The molecule has 2 N–H and O–H groups in total. The Bertz CT molecular complexity index is 904. The highest BCUT2D eigenvalue weighted by molar-refractivity contribution is 7.09. The van der Waals surface area contributed by atoms with Crippen molar-refractivity contribution in [1.29, 1.82) is 0 Å². The van der Waals surface area contributed by atoms with E-state index in [-0.39, 0.29) is 12.2 Å². The van der Waals surface area contributed by atoms with Gasteiger partial charge in [0.15, 0.2) is 0 Å². The number of aliphatic hydroxyl groups is 1. The first-order valence-corrected chi connectivity index (χ1v) is 16.2. The standard InChI is InChI=1S/C32H51NO3S/c1-5-22-19-25-27-9-8-26(21(2)13-17-36-30(35)33-16-12-24-7-6-18-37-24)31(27,3)15-11-28(25)32(4)14-10-23(34)20-29(22)32/h6-7,18,21-23,25-29,34H,5,8-17,19-20H2,1-4H3,(H,33,35)/t21-,22+,23-,25+,26-,27+,28+,29+,31-,32-/m1/s1. The maximum Gasteiger partial charge on any atom is 0.407 e. The zero-order valence-corrected chi connectivity index (χ0v) is 24.5. The second-order valence-electron chi connectivity index (χ2n) is 13.7. The smallest absolute Gasteiger partial charge is 0.407 e. The van der Waals surface area contributed by atoms with Crippen molar-refractivity contribution >= 4 is 17.4 Å². The average molecular weight is 530 g/mol. The van der Waals surface area contributed by atoms with Gasteiger partial charge in [0.05, 0.1) is 12.7 Å². The molecule has 0 unspecified atom stereocenters. The summed E-state index contributed by atoms with van der Waals surface area (Å²) in [6, 6.07) is 4.16. The lowest BCUT2D eigenvalue weighted by Crippen LogP contribution is -2.56. The number of thiophene rings is 1. The predicted molar refractivity (Wildman–Crippen MR) is 152 cm³/mol. The molecule has 0 aliphatic heterocycles. The molecular formula is C32H51NO3S. The van der Waals surface area contributed by atoms with Gasteiger partial charge in [-0.25, -0.2) is 4.79 Å². The van der Waals surface area contributed by atoms with Gasteiger partial charge in [0, 0.05) is 11.4 Å². The molecule has 5 rings (SSSR count). The molecule has 10 atom stereocenters. The number of rotatable bonds is 8. The summed E-state index contributed by atoms with van der Waals surface area (Å²) in [5, 5.41) is 15.5. The van der Waals surface area contributed by atoms with Gasteiger partial charge in [0.25, 0.3) is 0 Å². The minimum atomic E-state index is -0.270. The fourth-order valence-corrected chi connectivity index (χ4v) is 11.0. The molecule has 0 saturated heterocycles. The molecule has 208 valence electrons. The van der Waals surface area contributed by atoms with E-state index in [1.165, 1.54) is 49.8 Å². The molecule has 4 nitrogen and oxygen atoms in total. The first kappa shape index (κ1) is 27.5. The van der Waals surface area contributed by atoms with Crippen LogP contribution in [0.5, 0.6) is 0 Å². The van der Waals surface area contributed by atoms with Crippen LogP contribution in [0.4, 0.5) is 4.79 Å². The van der Waals surface area contributed by atoms with Crippen molar-refractivity contribution in [3.63, 3.8) is 0 Å². The second kappa shape index (κ2) is 11.2. The Morgan fingerprint density at radius 1 is 1.14 bits per heavy atom. The Morgan fingerprint density at radius 2 is 1.92 bits per heavy atom. The molecule has 1 amide bonds. The van der Waals surface area contributed by atoms with Crippen LogP contribution in [0.2, 0.25) is 0 Å². The summed E-state index contributed by atoms with van der Waals surface area (Å²) < 4.78 is 5.59. The van der Waals surface area contributed by atoms with Crippen LogP contribution >= 0.6 is 11.3 Å². The molecule has 4 aliphatic carbocycles. The molecule has 1 heterocycles. The Morgan fingerprint density at radius 3 is 2.68 bits per heavy atom. The van der Waals surface area contributed by atoms with Crippen molar-refractivity contribution < 1.29 is 14.6 Å². The van der Waals surface area contributed by atoms with Crippen LogP contribution in [0, 0.1) is 52.3 Å². The van der Waals surface area contributed by atoms with Crippen LogP contribution < -0.4 is 5.32 Å². The van der Waals surface area contributed by atoms with Gasteiger partial charge in [-0.05, 0) is 128 Å². The molecule has 0 spiro atoms. The predicted octanol–water partition coefficient (Wildman–Crippen LogP) is 7.70. The molecular weight excluding hydrogens is 478 g/mol. The number of carbonyl (C=O) groups excluding carboxylic acids is 1. The quantitative estimate of drug-likeness (QED) is 0.363. The Kier molecular flexibility index (Phi) is 8.32. The van der Waals surface area contributed by atoms with Gasteiger partial charge < -0.3 is 15.2 Å². The number of hydrogen-bond donors (Lipinski definition) is 2. The summed E-state index contributed by atoms with van der Waals surface area (Å²) in [4.78, 5) is 13.5. The average Bonchev–Trinajstić information content (AvgIpc) is 3.51. The van der Waals surface area contributed by atoms with Gasteiger partial charge in [-0.3, -0.25) is 0 Å². The van der Waals surface area contributed by atoms with Gasteiger partial charge in [0.1, 0.15) is 0 Å². The number of alkyl carbamates (subject to hydrolysis) is 1. The lowest BCUT2D eigenvalue weighted by molar-refractivity contribution is -0.152. The van der Waals surface area contributed by atoms with Crippen LogP contribution in [0.15, 0.2) is 17.5 Å². The molecule has 1 aromatic rings. The second-order valence-corrected chi connectivity index (χ2v) is 14.7. The Balaban J connectivity index is 1.16. The highest BCUT2D eigenvalue weighted by atomic mass is 32.1. The summed E-state index contributed by atoms with van der Waals surface area (Å²) in [6.07, 6.45) is 12.9. The van der Waals surface area contributed by atoms with Gasteiger partial charge in [0.2, 0.25) is 0 Å². The maximum absolute atomic E-state index is 12.2. The third-order valence-corrected chi connectivity index (χ3v) is 13.1. The monoisotopic (exact) mass is 529 g/mol. The molecule has 0 aromatic carbocycles. The number of amides is 1. The SMILES string of the molecule is CC[C@H]1C[C@@H]2[C@H](CC[C@]3(C)[C@@H]([C@H](C)CCOC(=O)NCCc4cccs4)CC[C@@H]23)[C@@]2(C)CC[C@@H](O)C[C@@H]12. The number of hydrogen-bond acceptors (Lipinski definition) is 4. The van der Waals surface area contributed by atoms with Crippen LogP contribution in [0.25, 0.3) is 0 Å². The van der Waals surface area contributed by atoms with E-state index in [1.807, 2.05) is 0 Å². The fraction of sp³-hybridized carbons (Fsp3) is 0.844. The summed E-state index contributed by atoms with van der Waals surface area (Å²) in [7, 11) is 0. The molecule has 0 bridgehead atoms. The lowest BCUT2D eigenvalue weighted by Gasteiger charge is -2.63. The number of aliphatic hydroxyl groups excluding tert-OH is 1. The maximum atomic E-state index is 12.2. The number of nitrogens with one attached hydrogen (secondary N) is 1. The van der Waals surface area contributed by atoms with E-state index < -0.39 is 0 Å². The normalized spacial score (nSPS) is 41.8. The molecule has 4 aliphatic rings. The van der Waals surface area contributed by atoms with E-state index in [2.05, 4.69) is 50.5 Å². The third-order valence-electron chi connectivity index (χ3n) is 12.1. The molecule has 4 fully saturated rings. The van der Waals surface area contributed by atoms with Crippen molar-refractivity contribution in [2.75, 3.05) is 13.2 Å². The number of carbonyl (C=O) groups is 1. The van der Waals surface area contributed by atoms with Gasteiger partial charge in [-0.2, -0.15) is 0 Å². The van der Waals surface area contributed by atoms with E-state index >= 15 is 0 Å². The first-order chi connectivity index (χ1) is 17.8. The topological polar surface area (TPSA) is 58.6 Å². The molecule has 37 heavy (non-hydrogen) atoms. The third kappa shape index (κ3) is 5.25. The van der Waals surface area contributed by atoms with Crippen LogP contribution in [0.3, 0.4) is 0 Å². The lowest BCUT2D eigenvalue weighted by atomic mass is 9.42. The van der Waals surface area contributed by atoms with Crippen molar-refractivity contribution in [2.45, 2.75) is 104 Å². The number of ether oxygens (including phenoxy) is 1. The van der Waals surface area contributed by atoms with E-state index in [9.17, 15) is 9.90 Å². The van der Waals surface area contributed by atoms with E-state index in [1.54, 1.807) is 11.3 Å².